The monoisotopic (exact) mass is 297 g/mol. The summed E-state index contributed by atoms with van der Waals surface area (Å²) in [7, 11) is 1.69. The highest BCUT2D eigenvalue weighted by Gasteiger charge is 2.17. The first-order chi connectivity index (χ1) is 9.67. The number of hydrogen-bond donors (Lipinski definition) is 3. The summed E-state index contributed by atoms with van der Waals surface area (Å²) in [6.07, 6.45) is 4.91. The normalized spacial score (nSPS) is 18.5. The Morgan fingerprint density at radius 3 is 2.80 bits per heavy atom. The lowest BCUT2D eigenvalue weighted by molar-refractivity contribution is -0.114. The highest BCUT2D eigenvalue weighted by molar-refractivity contribution is 8.28. The number of aliphatic imine (C=N–C) groups is 2. The van der Waals surface area contributed by atoms with E-state index in [0.29, 0.717) is 17.5 Å². The molecule has 1 fully saturated rings. The number of rotatable bonds is 3. The third-order valence-electron chi connectivity index (χ3n) is 3.04. The van der Waals surface area contributed by atoms with Gasteiger partial charge in [0.2, 0.25) is 0 Å². The van der Waals surface area contributed by atoms with Crippen molar-refractivity contribution in [1.29, 1.82) is 0 Å². The molecule has 0 bridgehead atoms. The molecule has 0 aromatic heterocycles. The van der Waals surface area contributed by atoms with Gasteiger partial charge in [-0.25, -0.2) is 4.99 Å². The lowest BCUT2D eigenvalue weighted by Gasteiger charge is -2.22. The van der Waals surface area contributed by atoms with Gasteiger partial charge in [-0.3, -0.25) is 9.79 Å². The minimum atomic E-state index is -0.172. The van der Waals surface area contributed by atoms with Gasteiger partial charge in [0, 0.05) is 26.0 Å². The van der Waals surface area contributed by atoms with Crippen molar-refractivity contribution < 1.29 is 4.79 Å². The molecule has 1 saturated heterocycles. The number of hydrogen-bond acceptors (Lipinski definition) is 6. The third kappa shape index (κ3) is 6.21. The van der Waals surface area contributed by atoms with Crippen LogP contribution in [0, 0.1) is 5.92 Å². The highest BCUT2D eigenvalue weighted by Crippen LogP contribution is 2.11. The van der Waals surface area contributed by atoms with Crippen molar-refractivity contribution in [3.05, 3.63) is 12.4 Å². The third-order valence-corrected chi connectivity index (χ3v) is 4.00. The molecule has 0 atom stereocenters. The maximum absolute atomic E-state index is 12.1. The molecule has 0 aromatic carbocycles. The fraction of sp³-hybridized carbons (Fsp3) is 0.615. The quantitative estimate of drug-likeness (QED) is 0.528. The van der Waals surface area contributed by atoms with Gasteiger partial charge in [-0.1, -0.05) is 0 Å². The molecular formula is C13H23N5OS. The highest BCUT2D eigenvalue weighted by atomic mass is 32.2. The number of nitrogens with zero attached hydrogens (tertiary/aromatic N) is 2. The van der Waals surface area contributed by atoms with Crippen molar-refractivity contribution in [2.75, 3.05) is 26.7 Å². The molecule has 1 heterocycles. The summed E-state index contributed by atoms with van der Waals surface area (Å²) in [4.78, 5) is 20.2. The van der Waals surface area contributed by atoms with Crippen molar-refractivity contribution >= 4 is 27.8 Å². The Morgan fingerprint density at radius 2 is 2.20 bits per heavy atom. The van der Waals surface area contributed by atoms with E-state index in [-0.39, 0.29) is 5.91 Å². The summed E-state index contributed by atoms with van der Waals surface area (Å²) >= 11 is 1.25. The van der Waals surface area contributed by atoms with Gasteiger partial charge in [0.05, 0.1) is 5.04 Å². The average molecular weight is 297 g/mol. The van der Waals surface area contributed by atoms with Crippen LogP contribution in [0.1, 0.15) is 19.8 Å². The summed E-state index contributed by atoms with van der Waals surface area (Å²) < 4.78 is 0. The van der Waals surface area contributed by atoms with Crippen molar-refractivity contribution in [3.8, 4) is 0 Å². The summed E-state index contributed by atoms with van der Waals surface area (Å²) in [6, 6.07) is 0. The molecule has 112 valence electrons. The zero-order chi connectivity index (χ0) is 14.8. The van der Waals surface area contributed by atoms with Crippen LogP contribution in [0.15, 0.2) is 22.4 Å². The number of carbonyl (C=O) groups is 1. The largest absolute Gasteiger partial charge is 0.403 e. The molecule has 0 spiro atoms. The number of carbonyl (C=O) groups excluding carboxylic acids is 1. The molecule has 7 heteroatoms. The molecule has 0 aliphatic carbocycles. The van der Waals surface area contributed by atoms with Crippen molar-refractivity contribution in [1.82, 2.24) is 10.6 Å². The Labute approximate surface area is 124 Å². The Balaban J connectivity index is 2.53. The minimum Gasteiger partial charge on any atom is -0.403 e. The number of nitrogens with two attached hydrogens (primary N) is 1. The van der Waals surface area contributed by atoms with Gasteiger partial charge >= 0.3 is 0 Å². The molecule has 1 aliphatic heterocycles. The van der Waals surface area contributed by atoms with Crippen molar-refractivity contribution in [2.24, 2.45) is 21.6 Å². The zero-order valence-electron chi connectivity index (χ0n) is 12.1. The fourth-order valence-corrected chi connectivity index (χ4v) is 2.48. The van der Waals surface area contributed by atoms with Gasteiger partial charge in [0.1, 0.15) is 0 Å². The van der Waals surface area contributed by atoms with E-state index in [1.165, 1.54) is 24.2 Å². The second-order valence-electron chi connectivity index (χ2n) is 4.52. The van der Waals surface area contributed by atoms with E-state index in [1.807, 2.05) is 6.92 Å². The Kier molecular flexibility index (Phi) is 7.98. The van der Waals surface area contributed by atoms with Crippen molar-refractivity contribution in [2.45, 2.75) is 19.8 Å². The Hall–Kier alpha value is -1.34. The molecule has 1 amide bonds. The van der Waals surface area contributed by atoms with Gasteiger partial charge in [-0.2, -0.15) is 0 Å². The minimum absolute atomic E-state index is 0.172. The number of nitrogens with one attached hydrogen (secondary N) is 2. The molecule has 0 saturated carbocycles. The van der Waals surface area contributed by atoms with E-state index in [0.717, 1.165) is 31.0 Å². The summed E-state index contributed by atoms with van der Waals surface area (Å²) in [5.41, 5.74) is 5.27. The second-order valence-corrected chi connectivity index (χ2v) is 5.71. The molecule has 6 nitrogen and oxygen atoms in total. The van der Waals surface area contributed by atoms with E-state index in [1.54, 1.807) is 7.05 Å². The summed E-state index contributed by atoms with van der Waals surface area (Å²) in [5.74, 6) is 0.368. The van der Waals surface area contributed by atoms with Crippen LogP contribution in [0.4, 0.5) is 0 Å². The topological polar surface area (TPSA) is 91.9 Å². The molecule has 0 unspecified atom stereocenters. The van der Waals surface area contributed by atoms with Gasteiger partial charge < -0.3 is 16.4 Å². The summed E-state index contributed by atoms with van der Waals surface area (Å²) in [6.45, 7) is 4.57. The predicted molar refractivity (Wildman–Crippen MR) is 86.0 cm³/mol. The maximum Gasteiger partial charge on any atom is 0.276 e. The number of piperidine rings is 1. The lowest BCUT2D eigenvalue weighted by Crippen LogP contribution is -2.38. The van der Waals surface area contributed by atoms with Crippen LogP contribution < -0.4 is 16.4 Å². The molecule has 20 heavy (non-hydrogen) atoms. The standard InChI is InChI=1S/C13H23N5OS/c1-10(15-2)20-13(17-8-5-14)12(19)18-9-11-3-6-16-7-4-11/h5,8,11,16H,3-4,6-7,9,14H2,1-2H3,(H,18,19)/b8-5+,15-10+,17-13-. The van der Waals surface area contributed by atoms with Crippen LogP contribution in [0.5, 0.6) is 0 Å². The van der Waals surface area contributed by atoms with Crippen LogP contribution in [0.2, 0.25) is 0 Å². The van der Waals surface area contributed by atoms with E-state index in [2.05, 4.69) is 20.6 Å². The first-order valence-corrected chi connectivity index (χ1v) is 7.53. The van der Waals surface area contributed by atoms with Gasteiger partial charge in [-0.15, -0.1) is 0 Å². The van der Waals surface area contributed by atoms with Gasteiger partial charge in [0.25, 0.3) is 5.91 Å². The smallest absolute Gasteiger partial charge is 0.276 e. The molecule has 1 aliphatic rings. The predicted octanol–water partition coefficient (Wildman–Crippen LogP) is 0.712. The molecule has 4 N–H and O–H groups in total. The van der Waals surface area contributed by atoms with Crippen LogP contribution in [-0.2, 0) is 4.79 Å². The molecule has 1 rings (SSSR count). The Bertz CT molecular complexity index is 400. The van der Waals surface area contributed by atoms with Gasteiger partial charge in [-0.05, 0) is 50.5 Å². The molecular weight excluding hydrogens is 274 g/mol. The van der Waals surface area contributed by atoms with E-state index in [4.69, 9.17) is 5.73 Å². The fourth-order valence-electron chi connectivity index (χ4n) is 1.83. The van der Waals surface area contributed by atoms with Crippen molar-refractivity contribution in [3.63, 3.8) is 0 Å². The first-order valence-electron chi connectivity index (χ1n) is 6.72. The summed E-state index contributed by atoms with van der Waals surface area (Å²) in [5, 5.41) is 7.40. The van der Waals surface area contributed by atoms with E-state index < -0.39 is 0 Å². The number of thioether (sulfide) groups is 1. The average Bonchev–Trinajstić information content (AvgIpc) is 2.49. The Morgan fingerprint density at radius 1 is 1.50 bits per heavy atom. The van der Waals surface area contributed by atoms with E-state index >= 15 is 0 Å². The van der Waals surface area contributed by atoms with Gasteiger partial charge in [0.15, 0.2) is 5.04 Å². The molecule has 0 aromatic rings. The molecule has 0 radical (unpaired) electrons. The van der Waals surface area contributed by atoms with Crippen LogP contribution in [0.3, 0.4) is 0 Å². The lowest BCUT2D eigenvalue weighted by atomic mass is 9.98. The first kappa shape index (κ1) is 16.7. The van der Waals surface area contributed by atoms with Crippen LogP contribution >= 0.6 is 11.8 Å². The van der Waals surface area contributed by atoms with Crippen LogP contribution in [0.25, 0.3) is 0 Å². The SMILES string of the molecule is C/N=C(\C)S/C(=N\C=C\N)C(=O)NCC1CCNCC1. The maximum atomic E-state index is 12.1. The number of amides is 1. The van der Waals surface area contributed by atoms with Crippen LogP contribution in [-0.4, -0.2) is 42.7 Å². The second kappa shape index (κ2) is 9.55. The zero-order valence-corrected chi connectivity index (χ0v) is 12.9. The van der Waals surface area contributed by atoms with E-state index in [9.17, 15) is 4.79 Å².